The summed E-state index contributed by atoms with van der Waals surface area (Å²) < 4.78 is 0. The van der Waals surface area contributed by atoms with Crippen molar-refractivity contribution in [1.29, 1.82) is 0 Å². The summed E-state index contributed by atoms with van der Waals surface area (Å²) in [5.41, 5.74) is 7.12. The maximum absolute atomic E-state index is 10.4. The van der Waals surface area contributed by atoms with Crippen LogP contribution >= 0.6 is 0 Å². The number of hydrogen-bond donors (Lipinski definition) is 2. The highest BCUT2D eigenvalue weighted by molar-refractivity contribution is 5.73. The molecular weight excluding hydrogens is 168 g/mol. The quantitative estimate of drug-likeness (QED) is 0.703. The molecule has 0 radical (unpaired) electrons. The van der Waals surface area contributed by atoms with Crippen LogP contribution in [0.4, 0.5) is 0 Å². The minimum Gasteiger partial charge on any atom is -0.480 e. The molecule has 1 rings (SSSR count). The number of rotatable bonds is 3. The molecule has 0 fully saturated rings. The van der Waals surface area contributed by atoms with Crippen molar-refractivity contribution in [3.8, 4) is 0 Å². The van der Waals surface area contributed by atoms with Gasteiger partial charge in [0.15, 0.2) is 0 Å². The van der Waals surface area contributed by atoms with E-state index in [1.165, 1.54) is 0 Å². The number of carbonyl (C=O) groups is 1. The van der Waals surface area contributed by atoms with Crippen LogP contribution in [0.1, 0.15) is 11.3 Å². The predicted octanol–water partition coefficient (Wildman–Crippen LogP) is 0.344. The van der Waals surface area contributed by atoms with Crippen LogP contribution in [0.5, 0.6) is 0 Å². The van der Waals surface area contributed by atoms with E-state index in [4.69, 9.17) is 10.8 Å². The average Bonchev–Trinajstić information content (AvgIpc) is 2.08. The van der Waals surface area contributed by atoms with E-state index < -0.39 is 12.0 Å². The third kappa shape index (κ3) is 2.83. The molecule has 0 bridgehead atoms. The van der Waals surface area contributed by atoms with Crippen LogP contribution in [-0.2, 0) is 11.2 Å². The van der Waals surface area contributed by atoms with Crippen LogP contribution in [0.3, 0.4) is 0 Å². The van der Waals surface area contributed by atoms with Crippen molar-refractivity contribution >= 4 is 5.97 Å². The van der Waals surface area contributed by atoms with Gasteiger partial charge < -0.3 is 10.8 Å². The van der Waals surface area contributed by atoms with Crippen molar-refractivity contribution in [2.45, 2.75) is 19.4 Å². The van der Waals surface area contributed by atoms with Gasteiger partial charge in [0.1, 0.15) is 6.04 Å². The lowest BCUT2D eigenvalue weighted by atomic mass is 10.1. The summed E-state index contributed by atoms with van der Waals surface area (Å²) in [5.74, 6) is -0.986. The molecule has 0 unspecified atom stereocenters. The van der Waals surface area contributed by atoms with Crippen molar-refractivity contribution in [2.24, 2.45) is 5.73 Å². The second-order valence-electron chi connectivity index (χ2n) is 2.96. The monoisotopic (exact) mass is 180 g/mol. The number of hydrogen-bond acceptors (Lipinski definition) is 3. The van der Waals surface area contributed by atoms with Gasteiger partial charge in [0.2, 0.25) is 0 Å². The summed E-state index contributed by atoms with van der Waals surface area (Å²) in [6, 6.07) is 2.83. The first-order chi connectivity index (χ1) is 6.09. The SMILES string of the molecule is Cc1ccc(C[C@H](N)C(=O)O)cn1. The van der Waals surface area contributed by atoms with Crippen molar-refractivity contribution < 1.29 is 9.90 Å². The lowest BCUT2D eigenvalue weighted by molar-refractivity contribution is -0.138. The van der Waals surface area contributed by atoms with Gasteiger partial charge in [-0.3, -0.25) is 9.78 Å². The molecule has 4 nitrogen and oxygen atoms in total. The van der Waals surface area contributed by atoms with E-state index in [1.807, 2.05) is 19.1 Å². The molecule has 4 heteroatoms. The molecule has 0 aliphatic heterocycles. The zero-order chi connectivity index (χ0) is 9.84. The molecule has 1 atom stereocenters. The molecule has 0 aliphatic rings. The van der Waals surface area contributed by atoms with E-state index in [0.717, 1.165) is 11.3 Å². The summed E-state index contributed by atoms with van der Waals surface area (Å²) in [6.45, 7) is 1.88. The molecule has 0 saturated carbocycles. The third-order valence-corrected chi connectivity index (χ3v) is 1.75. The van der Waals surface area contributed by atoms with Crippen LogP contribution < -0.4 is 5.73 Å². The van der Waals surface area contributed by atoms with Gasteiger partial charge in [0, 0.05) is 11.9 Å². The number of carboxylic acid groups (broad SMARTS) is 1. The zero-order valence-corrected chi connectivity index (χ0v) is 7.40. The molecule has 0 saturated heterocycles. The number of aliphatic carboxylic acids is 1. The van der Waals surface area contributed by atoms with Crippen molar-refractivity contribution in [3.05, 3.63) is 29.6 Å². The highest BCUT2D eigenvalue weighted by Crippen LogP contribution is 2.02. The average molecular weight is 180 g/mol. The smallest absolute Gasteiger partial charge is 0.320 e. The second kappa shape index (κ2) is 4.00. The predicted molar refractivity (Wildman–Crippen MR) is 48.3 cm³/mol. The summed E-state index contributed by atoms with van der Waals surface area (Å²) in [4.78, 5) is 14.5. The lowest BCUT2D eigenvalue weighted by Gasteiger charge is -2.05. The topological polar surface area (TPSA) is 76.2 Å². The minimum absolute atomic E-state index is 0.322. The Morgan fingerprint density at radius 1 is 1.69 bits per heavy atom. The Bertz CT molecular complexity index is 295. The van der Waals surface area contributed by atoms with Gasteiger partial charge in [-0.15, -0.1) is 0 Å². The van der Waals surface area contributed by atoms with Gasteiger partial charge in [0.05, 0.1) is 0 Å². The Morgan fingerprint density at radius 2 is 2.38 bits per heavy atom. The first-order valence-corrected chi connectivity index (χ1v) is 3.99. The highest BCUT2D eigenvalue weighted by Gasteiger charge is 2.11. The van der Waals surface area contributed by atoms with Crippen LogP contribution in [0.15, 0.2) is 18.3 Å². The Morgan fingerprint density at radius 3 is 2.85 bits per heavy atom. The number of aryl methyl sites for hydroxylation is 1. The molecule has 1 heterocycles. The van der Waals surface area contributed by atoms with E-state index in [9.17, 15) is 4.79 Å². The summed E-state index contributed by atoms with van der Waals surface area (Å²) in [6.07, 6.45) is 1.97. The largest absolute Gasteiger partial charge is 0.480 e. The maximum atomic E-state index is 10.4. The summed E-state index contributed by atoms with van der Waals surface area (Å²) in [7, 11) is 0. The van der Waals surface area contributed by atoms with Gasteiger partial charge in [-0.1, -0.05) is 6.07 Å². The number of nitrogens with zero attached hydrogens (tertiary/aromatic N) is 1. The van der Waals surface area contributed by atoms with Gasteiger partial charge in [-0.25, -0.2) is 0 Å². The van der Waals surface area contributed by atoms with Crippen molar-refractivity contribution in [2.75, 3.05) is 0 Å². The maximum Gasteiger partial charge on any atom is 0.320 e. The third-order valence-electron chi connectivity index (χ3n) is 1.75. The molecule has 13 heavy (non-hydrogen) atoms. The fraction of sp³-hybridized carbons (Fsp3) is 0.333. The normalized spacial score (nSPS) is 12.5. The van der Waals surface area contributed by atoms with Crippen LogP contribution in [0, 0.1) is 6.92 Å². The van der Waals surface area contributed by atoms with Crippen molar-refractivity contribution in [1.82, 2.24) is 4.98 Å². The van der Waals surface area contributed by atoms with Crippen molar-refractivity contribution in [3.63, 3.8) is 0 Å². The first-order valence-electron chi connectivity index (χ1n) is 3.99. The molecule has 3 N–H and O–H groups in total. The van der Waals surface area contributed by atoms with E-state index in [-0.39, 0.29) is 0 Å². The Balaban J connectivity index is 2.64. The molecule has 0 spiro atoms. The fourth-order valence-electron chi connectivity index (χ4n) is 0.960. The van der Waals surface area contributed by atoms with E-state index >= 15 is 0 Å². The van der Waals surface area contributed by atoms with Gasteiger partial charge >= 0.3 is 5.97 Å². The molecule has 70 valence electrons. The number of pyridine rings is 1. The fourth-order valence-corrected chi connectivity index (χ4v) is 0.960. The minimum atomic E-state index is -0.986. The van der Waals surface area contributed by atoms with Gasteiger partial charge in [-0.05, 0) is 25.0 Å². The Hall–Kier alpha value is -1.42. The molecule has 0 aromatic carbocycles. The molecule has 0 aliphatic carbocycles. The Kier molecular flexibility index (Phi) is 2.97. The Labute approximate surface area is 76.4 Å². The summed E-state index contributed by atoms with van der Waals surface area (Å²) in [5, 5.41) is 8.55. The van der Waals surface area contributed by atoms with E-state index in [2.05, 4.69) is 4.98 Å². The molecule has 0 amide bonds. The van der Waals surface area contributed by atoms with Crippen LogP contribution in [0.2, 0.25) is 0 Å². The number of nitrogens with two attached hydrogens (primary N) is 1. The number of carboxylic acids is 1. The van der Waals surface area contributed by atoms with Crippen LogP contribution in [0.25, 0.3) is 0 Å². The van der Waals surface area contributed by atoms with Gasteiger partial charge in [-0.2, -0.15) is 0 Å². The molecule has 1 aromatic heterocycles. The highest BCUT2D eigenvalue weighted by atomic mass is 16.4. The molecular formula is C9H12N2O2. The first kappa shape index (κ1) is 9.67. The van der Waals surface area contributed by atoms with Crippen LogP contribution in [-0.4, -0.2) is 22.1 Å². The standard InChI is InChI=1S/C9H12N2O2/c1-6-2-3-7(5-11-6)4-8(10)9(12)13/h2-3,5,8H,4,10H2,1H3,(H,12,13)/t8-/m0/s1. The zero-order valence-electron chi connectivity index (χ0n) is 7.40. The number of aromatic nitrogens is 1. The van der Waals surface area contributed by atoms with E-state index in [0.29, 0.717) is 6.42 Å². The van der Waals surface area contributed by atoms with E-state index in [1.54, 1.807) is 6.20 Å². The summed E-state index contributed by atoms with van der Waals surface area (Å²) >= 11 is 0. The lowest BCUT2D eigenvalue weighted by Crippen LogP contribution is -2.32. The second-order valence-corrected chi connectivity index (χ2v) is 2.96. The molecule has 1 aromatic rings. The van der Waals surface area contributed by atoms with Gasteiger partial charge in [0.25, 0.3) is 0 Å².